The molecule has 0 aromatic rings. The Labute approximate surface area is 311 Å². The van der Waals surface area contributed by atoms with E-state index in [9.17, 15) is 19.4 Å². The van der Waals surface area contributed by atoms with Crippen LogP contribution in [-0.4, -0.2) is 61.1 Å². The van der Waals surface area contributed by atoms with Gasteiger partial charge in [0.25, 0.3) is 0 Å². The van der Waals surface area contributed by atoms with Gasteiger partial charge in [-0.3, -0.25) is 13.8 Å². The van der Waals surface area contributed by atoms with E-state index >= 15 is 0 Å². The van der Waals surface area contributed by atoms with Crippen molar-refractivity contribution in [2.24, 2.45) is 5.73 Å². The molecule has 0 aromatic carbocycles. The van der Waals surface area contributed by atoms with E-state index in [-0.39, 0.29) is 32.8 Å². The van der Waals surface area contributed by atoms with Crippen molar-refractivity contribution in [1.29, 1.82) is 0 Å². The first-order chi connectivity index (χ1) is 24.8. The molecule has 0 heterocycles. The van der Waals surface area contributed by atoms with Crippen LogP contribution in [0.25, 0.3) is 0 Å². The zero-order valence-corrected chi connectivity index (χ0v) is 33.1. The molecule has 9 nitrogen and oxygen atoms in total. The molecule has 0 aliphatic carbocycles. The number of esters is 1. The van der Waals surface area contributed by atoms with Gasteiger partial charge < -0.3 is 25.2 Å². The zero-order valence-electron chi connectivity index (χ0n) is 32.2. The molecule has 0 saturated heterocycles. The SMILES string of the molecule is CC/C=C\C/C=C\C/C=C\C/C=C\C=C\C(O)CCCC(=O)OC(COCCCCCCCCCCCCCCCC)COP(=O)(O)OCCN. The predicted octanol–water partition coefficient (Wildman–Crippen LogP) is 10.4. The summed E-state index contributed by atoms with van der Waals surface area (Å²) in [5.74, 6) is -0.491. The van der Waals surface area contributed by atoms with Crippen molar-refractivity contribution in [2.75, 3.05) is 33.0 Å². The first kappa shape index (κ1) is 49.2. The van der Waals surface area contributed by atoms with Crippen LogP contribution in [0.3, 0.4) is 0 Å². The number of carbonyl (C=O) groups excluding carboxylic acids is 1. The van der Waals surface area contributed by atoms with Gasteiger partial charge in [0, 0.05) is 19.6 Å². The summed E-state index contributed by atoms with van der Waals surface area (Å²) < 4.78 is 33.2. The lowest BCUT2D eigenvalue weighted by Crippen LogP contribution is -2.28. The molecule has 3 unspecified atom stereocenters. The van der Waals surface area contributed by atoms with Crippen LogP contribution in [0.2, 0.25) is 0 Å². The number of unbranched alkanes of at least 4 members (excludes halogenated alkanes) is 13. The maximum atomic E-state index is 12.6. The summed E-state index contributed by atoms with van der Waals surface area (Å²) in [5.41, 5.74) is 5.34. The van der Waals surface area contributed by atoms with Gasteiger partial charge in [0.15, 0.2) is 0 Å². The third kappa shape index (κ3) is 37.7. The van der Waals surface area contributed by atoms with Crippen LogP contribution in [0.15, 0.2) is 60.8 Å². The van der Waals surface area contributed by atoms with E-state index in [1.54, 1.807) is 12.2 Å². The Morgan fingerprint density at radius 3 is 1.80 bits per heavy atom. The Hall–Kier alpha value is -1.84. The van der Waals surface area contributed by atoms with E-state index in [0.717, 1.165) is 38.5 Å². The fraction of sp³-hybridized carbons (Fsp3) is 0.732. The van der Waals surface area contributed by atoms with Gasteiger partial charge >= 0.3 is 13.8 Å². The van der Waals surface area contributed by atoms with E-state index in [1.807, 2.05) is 12.2 Å². The van der Waals surface area contributed by atoms with E-state index in [1.165, 1.54) is 77.0 Å². The lowest BCUT2D eigenvalue weighted by atomic mass is 10.0. The van der Waals surface area contributed by atoms with Crippen molar-refractivity contribution >= 4 is 13.8 Å². The molecule has 0 amide bonds. The quantitative estimate of drug-likeness (QED) is 0.0187. The molecule has 0 rings (SSSR count). The number of rotatable bonds is 37. The summed E-state index contributed by atoms with van der Waals surface area (Å²) in [5, 5.41) is 10.3. The van der Waals surface area contributed by atoms with Gasteiger partial charge in [-0.15, -0.1) is 0 Å². The number of carbonyl (C=O) groups is 1. The minimum atomic E-state index is -4.33. The highest BCUT2D eigenvalue weighted by atomic mass is 31.2. The first-order valence-electron chi connectivity index (χ1n) is 19.9. The Bertz CT molecular complexity index is 981. The molecule has 51 heavy (non-hydrogen) atoms. The minimum absolute atomic E-state index is 0.0430. The fourth-order valence-electron chi connectivity index (χ4n) is 5.14. The maximum absolute atomic E-state index is 12.6. The molecular weight excluding hydrogens is 665 g/mol. The molecule has 0 spiro atoms. The number of nitrogens with two attached hydrogens (primary N) is 1. The molecule has 0 aromatic heterocycles. The monoisotopic (exact) mass is 740 g/mol. The van der Waals surface area contributed by atoms with Crippen molar-refractivity contribution in [1.82, 2.24) is 0 Å². The van der Waals surface area contributed by atoms with Gasteiger partial charge in [0.1, 0.15) is 6.10 Å². The van der Waals surface area contributed by atoms with E-state index in [4.69, 9.17) is 24.3 Å². The summed E-state index contributed by atoms with van der Waals surface area (Å²) >= 11 is 0. The van der Waals surface area contributed by atoms with Crippen molar-refractivity contribution in [3.8, 4) is 0 Å². The second kappa shape index (κ2) is 37.9. The largest absolute Gasteiger partial charge is 0.472 e. The Morgan fingerprint density at radius 2 is 1.24 bits per heavy atom. The predicted molar refractivity (Wildman–Crippen MR) is 211 cm³/mol. The minimum Gasteiger partial charge on any atom is -0.457 e. The van der Waals surface area contributed by atoms with Crippen LogP contribution in [-0.2, 0) is 27.9 Å². The number of ether oxygens (including phenoxy) is 2. The molecule has 296 valence electrons. The van der Waals surface area contributed by atoms with Gasteiger partial charge in [0.05, 0.1) is 25.9 Å². The van der Waals surface area contributed by atoms with Crippen LogP contribution >= 0.6 is 7.82 Å². The van der Waals surface area contributed by atoms with Crippen LogP contribution in [0.5, 0.6) is 0 Å². The summed E-state index contributed by atoms with van der Waals surface area (Å²) in [6, 6.07) is 0. The molecule has 0 saturated carbocycles. The molecule has 0 fully saturated rings. The number of hydrogen-bond donors (Lipinski definition) is 3. The summed E-state index contributed by atoms with van der Waals surface area (Å²) in [4.78, 5) is 22.4. The lowest BCUT2D eigenvalue weighted by Gasteiger charge is -2.20. The number of phosphoric acid groups is 1. The standard InChI is InChI=1S/C41H74NO8P/c1-3-5-7-9-11-13-15-17-19-21-23-25-27-29-35-47-37-40(38-49-51(45,46)48-36-34-42)50-41(44)33-30-32-39(43)31-28-26-24-22-20-18-16-14-12-10-8-6-4-2/h6,8,12,14,18,20,24,26,28,31,39-40,43H,3-5,7,9-11,13,15-17,19,21-23,25,27,29-30,32-38,42H2,1-2H3,(H,45,46)/b8-6-,14-12-,20-18-,26-24-,31-28+. The van der Waals surface area contributed by atoms with Gasteiger partial charge in [-0.05, 0) is 44.9 Å². The second-order valence-electron chi connectivity index (χ2n) is 13.0. The normalized spacial score (nSPS) is 14.8. The highest BCUT2D eigenvalue weighted by Gasteiger charge is 2.25. The van der Waals surface area contributed by atoms with Crippen molar-refractivity contribution in [3.63, 3.8) is 0 Å². The third-order valence-electron chi connectivity index (χ3n) is 8.05. The van der Waals surface area contributed by atoms with Gasteiger partial charge in [0.2, 0.25) is 0 Å². The van der Waals surface area contributed by atoms with Crippen molar-refractivity contribution in [2.45, 2.75) is 161 Å². The molecule has 0 radical (unpaired) electrons. The zero-order chi connectivity index (χ0) is 37.5. The number of aliphatic hydroxyl groups excluding tert-OH is 1. The van der Waals surface area contributed by atoms with E-state index in [2.05, 4.69) is 50.3 Å². The second-order valence-corrected chi connectivity index (χ2v) is 14.4. The first-order valence-corrected chi connectivity index (χ1v) is 21.4. The van der Waals surface area contributed by atoms with Gasteiger partial charge in [-0.2, -0.15) is 0 Å². The number of allylic oxidation sites excluding steroid dienone is 9. The molecule has 10 heteroatoms. The Morgan fingerprint density at radius 1 is 0.686 bits per heavy atom. The lowest BCUT2D eigenvalue weighted by molar-refractivity contribution is -0.154. The molecule has 0 aliphatic heterocycles. The maximum Gasteiger partial charge on any atom is 0.472 e. The molecular formula is C41H74NO8P. The molecule has 4 N–H and O–H groups in total. The summed E-state index contributed by atoms with van der Waals surface area (Å²) in [6.07, 6.45) is 41.2. The Balaban J connectivity index is 4.30. The van der Waals surface area contributed by atoms with Crippen molar-refractivity contribution < 1.29 is 37.9 Å². The van der Waals surface area contributed by atoms with Crippen LogP contribution in [0.1, 0.15) is 149 Å². The highest BCUT2D eigenvalue weighted by Crippen LogP contribution is 2.43. The van der Waals surface area contributed by atoms with E-state index in [0.29, 0.717) is 19.4 Å². The highest BCUT2D eigenvalue weighted by molar-refractivity contribution is 7.47. The molecule has 0 bridgehead atoms. The topological polar surface area (TPSA) is 138 Å². The van der Waals surface area contributed by atoms with Crippen LogP contribution in [0.4, 0.5) is 0 Å². The number of phosphoric ester groups is 1. The smallest absolute Gasteiger partial charge is 0.457 e. The van der Waals surface area contributed by atoms with Crippen LogP contribution in [0, 0.1) is 0 Å². The average Bonchev–Trinajstić information content (AvgIpc) is 3.11. The van der Waals surface area contributed by atoms with Gasteiger partial charge in [-0.1, -0.05) is 158 Å². The van der Waals surface area contributed by atoms with E-state index < -0.39 is 26.0 Å². The summed E-state index contributed by atoms with van der Waals surface area (Å²) in [7, 11) is -4.33. The third-order valence-corrected chi connectivity index (χ3v) is 9.04. The fourth-order valence-corrected chi connectivity index (χ4v) is 5.91. The average molecular weight is 740 g/mol. The molecule has 0 aliphatic rings. The summed E-state index contributed by atoms with van der Waals surface area (Å²) in [6.45, 7) is 4.52. The van der Waals surface area contributed by atoms with Crippen molar-refractivity contribution in [3.05, 3.63) is 60.8 Å². The van der Waals surface area contributed by atoms with Gasteiger partial charge in [-0.25, -0.2) is 4.57 Å². The Kier molecular flexibility index (Phi) is 36.5. The number of aliphatic hydroxyl groups is 1. The number of hydrogen-bond acceptors (Lipinski definition) is 8. The molecule has 3 atom stereocenters. The van der Waals surface area contributed by atoms with Crippen LogP contribution < -0.4 is 5.73 Å².